The molecule has 1 N–H and O–H groups in total. The number of nitrogens with one attached hydrogen (secondary N) is 1. The number of nitrogens with zero attached hydrogens (tertiary/aromatic N) is 3. The monoisotopic (exact) mass is 376 g/mol. The molecule has 0 saturated heterocycles. The molecule has 3 rings (SSSR count). The second-order valence-electron chi connectivity index (χ2n) is 5.42. The average molecular weight is 377 g/mol. The second-order valence-corrected chi connectivity index (χ2v) is 6.19. The van der Waals surface area contributed by atoms with Crippen LogP contribution in [0.15, 0.2) is 53.6 Å². The number of hydrogen-bond acceptors (Lipinski definition) is 3. The van der Waals surface area contributed by atoms with Crippen molar-refractivity contribution in [2.45, 2.75) is 13.5 Å². The zero-order valence-corrected chi connectivity index (χ0v) is 14.9. The maximum Gasteiger partial charge on any atom is 0.136 e. The highest BCUT2D eigenvalue weighted by Crippen LogP contribution is 2.22. The van der Waals surface area contributed by atoms with Gasteiger partial charge in [-0.3, -0.25) is 5.43 Å². The third-order valence-corrected chi connectivity index (χ3v) is 4.34. The molecule has 3 aromatic rings. The summed E-state index contributed by atoms with van der Waals surface area (Å²) in [6.07, 6.45) is 1.61. The molecule has 0 saturated carbocycles. The van der Waals surface area contributed by atoms with Crippen LogP contribution in [0, 0.1) is 12.7 Å². The Balaban J connectivity index is 1.76. The van der Waals surface area contributed by atoms with E-state index in [0.29, 0.717) is 28.0 Å². The van der Waals surface area contributed by atoms with Crippen molar-refractivity contribution in [1.29, 1.82) is 0 Å². The molecule has 0 radical (unpaired) electrons. The minimum absolute atomic E-state index is 0.273. The summed E-state index contributed by atoms with van der Waals surface area (Å²) in [7, 11) is 0. The normalized spacial score (nSPS) is 11.2. The van der Waals surface area contributed by atoms with Gasteiger partial charge >= 0.3 is 0 Å². The van der Waals surface area contributed by atoms with E-state index in [2.05, 4.69) is 15.6 Å². The lowest BCUT2D eigenvalue weighted by Crippen LogP contribution is -2.02. The molecule has 0 atom stereocenters. The van der Waals surface area contributed by atoms with Gasteiger partial charge in [-0.2, -0.15) is 10.2 Å². The summed E-state index contributed by atoms with van der Waals surface area (Å²) in [4.78, 5) is 0. The third-order valence-electron chi connectivity index (χ3n) is 3.61. The van der Waals surface area contributed by atoms with Crippen molar-refractivity contribution in [3.8, 4) is 0 Å². The number of aryl methyl sites for hydroxylation is 1. The van der Waals surface area contributed by atoms with Gasteiger partial charge in [0.15, 0.2) is 0 Å². The first kappa shape index (κ1) is 17.5. The van der Waals surface area contributed by atoms with E-state index < -0.39 is 0 Å². The van der Waals surface area contributed by atoms with Crippen LogP contribution in [0.5, 0.6) is 0 Å². The fraction of sp³-hybridized carbons (Fsp3) is 0.111. The zero-order chi connectivity index (χ0) is 17.8. The van der Waals surface area contributed by atoms with Crippen LogP contribution >= 0.6 is 23.2 Å². The van der Waals surface area contributed by atoms with E-state index in [9.17, 15) is 4.39 Å². The number of rotatable bonds is 5. The van der Waals surface area contributed by atoms with Crippen molar-refractivity contribution in [1.82, 2.24) is 9.78 Å². The van der Waals surface area contributed by atoms with Crippen molar-refractivity contribution in [2.24, 2.45) is 5.10 Å². The van der Waals surface area contributed by atoms with Gasteiger partial charge in [0.05, 0.1) is 34.7 Å². The number of anilines is 1. The Morgan fingerprint density at radius 2 is 1.88 bits per heavy atom. The first-order chi connectivity index (χ1) is 12.0. The van der Waals surface area contributed by atoms with E-state index in [1.54, 1.807) is 29.1 Å². The van der Waals surface area contributed by atoms with E-state index in [-0.39, 0.29) is 5.82 Å². The summed E-state index contributed by atoms with van der Waals surface area (Å²) >= 11 is 12.5. The minimum Gasteiger partial charge on any atom is -0.277 e. The SMILES string of the molecule is Cc1nn(Cc2ccc(F)cc2)c(Cl)c1/C=N\Nc1ccccc1Cl. The molecular weight excluding hydrogens is 362 g/mol. The van der Waals surface area contributed by atoms with Crippen molar-refractivity contribution >= 4 is 35.1 Å². The van der Waals surface area contributed by atoms with E-state index in [4.69, 9.17) is 23.2 Å². The van der Waals surface area contributed by atoms with E-state index in [1.165, 1.54) is 12.1 Å². The molecule has 0 bridgehead atoms. The zero-order valence-electron chi connectivity index (χ0n) is 13.4. The number of hydrazone groups is 1. The first-order valence-electron chi connectivity index (χ1n) is 7.55. The topological polar surface area (TPSA) is 42.2 Å². The molecule has 128 valence electrons. The van der Waals surface area contributed by atoms with Crippen LogP contribution in [0.25, 0.3) is 0 Å². The largest absolute Gasteiger partial charge is 0.277 e. The molecule has 25 heavy (non-hydrogen) atoms. The predicted octanol–water partition coefficient (Wildman–Crippen LogP) is 5.13. The maximum absolute atomic E-state index is 13.0. The van der Waals surface area contributed by atoms with Gasteiger partial charge < -0.3 is 0 Å². The summed E-state index contributed by atoms with van der Waals surface area (Å²) < 4.78 is 14.7. The maximum atomic E-state index is 13.0. The molecule has 0 fully saturated rings. The number of para-hydroxylation sites is 1. The lowest BCUT2D eigenvalue weighted by atomic mass is 10.2. The average Bonchev–Trinajstić information content (AvgIpc) is 2.86. The number of hydrogen-bond donors (Lipinski definition) is 1. The third kappa shape index (κ3) is 4.18. The molecule has 0 spiro atoms. The van der Waals surface area contributed by atoms with Crippen LogP contribution in [-0.2, 0) is 6.54 Å². The standard InChI is InChI=1S/C18H15Cl2FN4/c1-12-15(10-22-23-17-5-3-2-4-16(17)19)18(20)25(24-12)11-13-6-8-14(21)9-7-13/h2-10,23H,11H2,1H3/b22-10-. The Hall–Kier alpha value is -2.37. The highest BCUT2D eigenvalue weighted by atomic mass is 35.5. The highest BCUT2D eigenvalue weighted by molar-refractivity contribution is 6.33. The molecule has 1 heterocycles. The summed E-state index contributed by atoms with van der Waals surface area (Å²) in [5, 5.41) is 9.64. The minimum atomic E-state index is -0.273. The van der Waals surface area contributed by atoms with Gasteiger partial charge in [-0.1, -0.05) is 47.5 Å². The smallest absolute Gasteiger partial charge is 0.136 e. The number of halogens is 3. The van der Waals surface area contributed by atoms with Crippen LogP contribution in [0.1, 0.15) is 16.8 Å². The molecule has 0 unspecified atom stereocenters. The van der Waals surface area contributed by atoms with Crippen LogP contribution in [0.4, 0.5) is 10.1 Å². The molecule has 0 aliphatic heterocycles. The summed E-state index contributed by atoms with van der Waals surface area (Å²) in [5.74, 6) is -0.273. The molecule has 0 aliphatic rings. The van der Waals surface area contributed by atoms with Crippen LogP contribution < -0.4 is 5.43 Å². The van der Waals surface area contributed by atoms with Gasteiger partial charge in [0.2, 0.25) is 0 Å². The second kappa shape index (κ2) is 7.68. The van der Waals surface area contributed by atoms with Gasteiger partial charge in [0.1, 0.15) is 11.0 Å². The van der Waals surface area contributed by atoms with Gasteiger partial charge in [-0.05, 0) is 36.8 Å². The van der Waals surface area contributed by atoms with Crippen molar-refractivity contribution in [2.75, 3.05) is 5.43 Å². The molecule has 4 nitrogen and oxygen atoms in total. The Bertz CT molecular complexity index is 904. The van der Waals surface area contributed by atoms with E-state index >= 15 is 0 Å². The van der Waals surface area contributed by atoms with Crippen LogP contribution in [0.2, 0.25) is 10.2 Å². The van der Waals surface area contributed by atoms with Crippen molar-refractivity contribution in [3.05, 3.63) is 81.3 Å². The lowest BCUT2D eigenvalue weighted by molar-refractivity contribution is 0.624. The molecule has 0 aliphatic carbocycles. The molecular formula is C18H15Cl2FN4. The Kier molecular flexibility index (Phi) is 5.36. The molecule has 1 aromatic heterocycles. The molecule has 7 heteroatoms. The predicted molar refractivity (Wildman–Crippen MR) is 100 cm³/mol. The molecule has 2 aromatic carbocycles. The Morgan fingerprint density at radius 1 is 1.16 bits per heavy atom. The number of aromatic nitrogens is 2. The van der Waals surface area contributed by atoms with E-state index in [0.717, 1.165) is 11.3 Å². The quantitative estimate of drug-likeness (QED) is 0.495. The summed E-state index contributed by atoms with van der Waals surface area (Å²) in [6.45, 7) is 2.30. The van der Waals surface area contributed by atoms with Gasteiger partial charge in [0.25, 0.3) is 0 Å². The van der Waals surface area contributed by atoms with Gasteiger partial charge in [-0.25, -0.2) is 9.07 Å². The van der Waals surface area contributed by atoms with Crippen molar-refractivity contribution in [3.63, 3.8) is 0 Å². The fourth-order valence-electron chi connectivity index (χ4n) is 2.30. The highest BCUT2D eigenvalue weighted by Gasteiger charge is 2.12. The van der Waals surface area contributed by atoms with Crippen LogP contribution in [0.3, 0.4) is 0 Å². The van der Waals surface area contributed by atoms with Gasteiger partial charge in [0, 0.05) is 0 Å². The molecule has 0 amide bonds. The Morgan fingerprint density at radius 3 is 2.60 bits per heavy atom. The van der Waals surface area contributed by atoms with E-state index in [1.807, 2.05) is 25.1 Å². The van der Waals surface area contributed by atoms with Crippen LogP contribution in [-0.4, -0.2) is 16.0 Å². The van der Waals surface area contributed by atoms with Crippen molar-refractivity contribution < 1.29 is 4.39 Å². The lowest BCUT2D eigenvalue weighted by Gasteiger charge is -2.04. The van der Waals surface area contributed by atoms with Gasteiger partial charge in [-0.15, -0.1) is 0 Å². The number of benzene rings is 2. The summed E-state index contributed by atoms with van der Waals surface area (Å²) in [6, 6.07) is 13.5. The Labute approximate surface area is 154 Å². The first-order valence-corrected chi connectivity index (χ1v) is 8.31. The summed E-state index contributed by atoms with van der Waals surface area (Å²) in [5.41, 5.74) is 5.95. The fourth-order valence-corrected chi connectivity index (χ4v) is 2.76.